The number of nitrogens with zero attached hydrogens (tertiary/aromatic N) is 1. The second-order valence-corrected chi connectivity index (χ2v) is 4.45. The minimum Gasteiger partial charge on any atom is -0.357 e. The van der Waals surface area contributed by atoms with Crippen LogP contribution in [-0.4, -0.2) is 4.98 Å². The van der Waals surface area contributed by atoms with Crippen molar-refractivity contribution in [1.82, 2.24) is 4.98 Å². The van der Waals surface area contributed by atoms with Crippen molar-refractivity contribution in [3.63, 3.8) is 0 Å². The molecule has 0 spiro atoms. The van der Waals surface area contributed by atoms with Crippen LogP contribution in [0.15, 0.2) is 24.7 Å². The van der Waals surface area contributed by atoms with Crippen LogP contribution in [0.3, 0.4) is 0 Å². The molecule has 0 unspecified atom stereocenters. The molecule has 2 heterocycles. The van der Waals surface area contributed by atoms with Crippen LogP contribution in [0.4, 0.5) is 11.5 Å². The number of nitrogens with one attached hydrogen (secondary N) is 2. The first-order valence-electron chi connectivity index (χ1n) is 4.76. The Morgan fingerprint density at radius 1 is 1.14 bits per heavy atom. The second-order valence-electron chi connectivity index (χ2n) is 4.45. The molecule has 3 heteroatoms. The maximum Gasteiger partial charge on any atom is 0.154 e. The van der Waals surface area contributed by atoms with Crippen LogP contribution in [0.25, 0.3) is 0 Å². The van der Waals surface area contributed by atoms with Crippen LogP contribution < -0.4 is 10.6 Å². The number of hydrogen-bond acceptors (Lipinski definition) is 3. The summed E-state index contributed by atoms with van der Waals surface area (Å²) in [6.07, 6.45) is 5.58. The van der Waals surface area contributed by atoms with Crippen molar-refractivity contribution in [2.24, 2.45) is 0 Å². The summed E-state index contributed by atoms with van der Waals surface area (Å²) in [4.78, 5) is 4.27. The van der Waals surface area contributed by atoms with Gasteiger partial charge in [0.2, 0.25) is 0 Å². The van der Waals surface area contributed by atoms with Gasteiger partial charge in [0.15, 0.2) is 5.82 Å². The molecule has 2 N–H and O–H groups in total. The predicted octanol–water partition coefficient (Wildman–Crippen LogP) is 2.69. The molecule has 1 aliphatic rings. The third kappa shape index (κ3) is 1.45. The Labute approximate surface area is 84.2 Å². The lowest BCUT2D eigenvalue weighted by molar-refractivity contribution is 0.591. The number of fused-ring (bicyclic) bond motifs is 1. The number of anilines is 2. The fourth-order valence-corrected chi connectivity index (χ4v) is 1.59. The minimum atomic E-state index is 0.132. The summed E-state index contributed by atoms with van der Waals surface area (Å²) in [6.45, 7) is 6.59. The highest BCUT2D eigenvalue weighted by Gasteiger charge is 2.20. The Hall–Kier alpha value is -1.51. The summed E-state index contributed by atoms with van der Waals surface area (Å²) < 4.78 is 0. The van der Waals surface area contributed by atoms with Crippen LogP contribution >= 0.6 is 0 Å². The monoisotopic (exact) mass is 189 g/mol. The van der Waals surface area contributed by atoms with E-state index in [1.807, 2.05) is 18.6 Å². The highest BCUT2D eigenvalue weighted by molar-refractivity contribution is 5.73. The smallest absolute Gasteiger partial charge is 0.154 e. The van der Waals surface area contributed by atoms with Gasteiger partial charge in [0.25, 0.3) is 0 Å². The summed E-state index contributed by atoms with van der Waals surface area (Å²) in [6, 6.07) is 2.06. The van der Waals surface area contributed by atoms with E-state index in [1.165, 1.54) is 5.56 Å². The SMILES string of the molecule is CC(C)(C)c1ccnc2c1NC=CN2. The van der Waals surface area contributed by atoms with Gasteiger partial charge in [-0.3, -0.25) is 0 Å². The van der Waals surface area contributed by atoms with E-state index in [0.29, 0.717) is 0 Å². The van der Waals surface area contributed by atoms with Crippen LogP contribution in [0, 0.1) is 0 Å². The van der Waals surface area contributed by atoms with Crippen LogP contribution in [0.2, 0.25) is 0 Å². The van der Waals surface area contributed by atoms with E-state index in [2.05, 4.69) is 42.5 Å². The van der Waals surface area contributed by atoms with Crippen molar-refractivity contribution in [2.75, 3.05) is 10.6 Å². The zero-order chi connectivity index (χ0) is 10.2. The molecule has 74 valence electrons. The van der Waals surface area contributed by atoms with E-state index >= 15 is 0 Å². The fourth-order valence-electron chi connectivity index (χ4n) is 1.59. The van der Waals surface area contributed by atoms with Gasteiger partial charge >= 0.3 is 0 Å². The van der Waals surface area contributed by atoms with Crippen molar-refractivity contribution in [3.8, 4) is 0 Å². The summed E-state index contributed by atoms with van der Waals surface area (Å²) >= 11 is 0. The molecule has 0 aromatic carbocycles. The Morgan fingerprint density at radius 3 is 2.57 bits per heavy atom. The summed E-state index contributed by atoms with van der Waals surface area (Å²) in [7, 11) is 0. The Balaban J connectivity index is 2.54. The predicted molar refractivity (Wildman–Crippen MR) is 59.3 cm³/mol. The Bertz CT molecular complexity index is 375. The van der Waals surface area contributed by atoms with E-state index in [4.69, 9.17) is 0 Å². The van der Waals surface area contributed by atoms with E-state index in [-0.39, 0.29) is 5.41 Å². The molecule has 0 bridgehead atoms. The molecule has 0 amide bonds. The molecular formula is C11H15N3. The first kappa shape index (κ1) is 9.06. The zero-order valence-corrected chi connectivity index (χ0v) is 8.76. The molecule has 14 heavy (non-hydrogen) atoms. The van der Waals surface area contributed by atoms with Crippen molar-refractivity contribution >= 4 is 11.5 Å². The molecule has 1 aromatic rings. The lowest BCUT2D eigenvalue weighted by atomic mass is 9.86. The van der Waals surface area contributed by atoms with Crippen molar-refractivity contribution in [3.05, 3.63) is 30.2 Å². The molecule has 3 nitrogen and oxygen atoms in total. The largest absolute Gasteiger partial charge is 0.357 e. The highest BCUT2D eigenvalue weighted by Crippen LogP contribution is 2.34. The summed E-state index contributed by atoms with van der Waals surface area (Å²) in [5, 5.41) is 6.35. The lowest BCUT2D eigenvalue weighted by Crippen LogP contribution is -2.16. The Morgan fingerprint density at radius 2 is 1.86 bits per heavy atom. The van der Waals surface area contributed by atoms with Gasteiger partial charge < -0.3 is 10.6 Å². The minimum absolute atomic E-state index is 0.132. The van der Waals surface area contributed by atoms with Gasteiger partial charge in [-0.05, 0) is 17.0 Å². The van der Waals surface area contributed by atoms with Crippen LogP contribution in [-0.2, 0) is 5.41 Å². The summed E-state index contributed by atoms with van der Waals surface area (Å²) in [5.74, 6) is 0.903. The third-order valence-electron chi connectivity index (χ3n) is 2.29. The van der Waals surface area contributed by atoms with Gasteiger partial charge in [0, 0.05) is 18.6 Å². The first-order valence-corrected chi connectivity index (χ1v) is 4.76. The van der Waals surface area contributed by atoms with Crippen LogP contribution in [0.1, 0.15) is 26.3 Å². The normalized spacial score (nSPS) is 14.2. The third-order valence-corrected chi connectivity index (χ3v) is 2.29. The quantitative estimate of drug-likeness (QED) is 0.658. The lowest BCUT2D eigenvalue weighted by Gasteiger charge is -2.25. The summed E-state index contributed by atoms with van der Waals surface area (Å²) in [5.41, 5.74) is 2.49. The standard InChI is InChI=1S/C11H15N3/c1-11(2,3)8-4-5-13-10-9(8)12-6-7-14-10/h4-7,12H,1-3H3,(H,13,14). The molecule has 0 saturated carbocycles. The second kappa shape index (κ2) is 3.01. The van der Waals surface area contributed by atoms with E-state index in [9.17, 15) is 0 Å². The molecule has 0 radical (unpaired) electrons. The fraction of sp³-hybridized carbons (Fsp3) is 0.364. The highest BCUT2D eigenvalue weighted by atomic mass is 15.1. The Kier molecular flexibility index (Phi) is 1.95. The maximum absolute atomic E-state index is 4.27. The van der Waals surface area contributed by atoms with E-state index in [0.717, 1.165) is 11.5 Å². The topological polar surface area (TPSA) is 37.0 Å². The molecule has 2 rings (SSSR count). The molecule has 0 saturated heterocycles. The zero-order valence-electron chi connectivity index (χ0n) is 8.76. The average Bonchev–Trinajstić information content (AvgIpc) is 2.15. The number of aromatic nitrogens is 1. The van der Waals surface area contributed by atoms with Crippen molar-refractivity contribution in [2.45, 2.75) is 26.2 Å². The van der Waals surface area contributed by atoms with Gasteiger partial charge in [0.1, 0.15) is 0 Å². The van der Waals surface area contributed by atoms with E-state index < -0.39 is 0 Å². The molecule has 0 fully saturated rings. The molecule has 1 aromatic heterocycles. The number of pyridine rings is 1. The maximum atomic E-state index is 4.27. The van der Waals surface area contributed by atoms with Gasteiger partial charge in [-0.2, -0.15) is 0 Å². The van der Waals surface area contributed by atoms with Crippen LogP contribution in [0.5, 0.6) is 0 Å². The van der Waals surface area contributed by atoms with Gasteiger partial charge in [-0.1, -0.05) is 20.8 Å². The van der Waals surface area contributed by atoms with Gasteiger partial charge in [0.05, 0.1) is 5.69 Å². The van der Waals surface area contributed by atoms with Crippen molar-refractivity contribution < 1.29 is 0 Å². The number of hydrogen-bond donors (Lipinski definition) is 2. The van der Waals surface area contributed by atoms with Crippen molar-refractivity contribution in [1.29, 1.82) is 0 Å². The van der Waals surface area contributed by atoms with Gasteiger partial charge in [-0.15, -0.1) is 0 Å². The van der Waals surface area contributed by atoms with E-state index in [1.54, 1.807) is 0 Å². The first-order chi connectivity index (χ1) is 6.59. The molecule has 0 aliphatic carbocycles. The average molecular weight is 189 g/mol. The number of rotatable bonds is 0. The van der Waals surface area contributed by atoms with Gasteiger partial charge in [-0.25, -0.2) is 4.98 Å². The molecule has 0 atom stereocenters. The molecule has 1 aliphatic heterocycles. The molecular weight excluding hydrogens is 174 g/mol.